The highest BCUT2D eigenvalue weighted by atomic mass is 32.2. The fourth-order valence-corrected chi connectivity index (χ4v) is 2.65. The maximum absolute atomic E-state index is 4.31. The maximum Gasteiger partial charge on any atom is 0.190 e. The zero-order chi connectivity index (χ0) is 10.7. The van der Waals surface area contributed by atoms with Crippen LogP contribution in [0.5, 0.6) is 0 Å². The number of nitrogens with zero attached hydrogens (tertiary/aromatic N) is 3. The van der Waals surface area contributed by atoms with Gasteiger partial charge in [-0.25, -0.2) is 0 Å². The number of rotatable bonds is 3. The van der Waals surface area contributed by atoms with Gasteiger partial charge in [0.05, 0.1) is 0 Å². The minimum Gasteiger partial charge on any atom is -0.316 e. The van der Waals surface area contributed by atoms with Crippen LogP contribution < -0.4 is 5.32 Å². The summed E-state index contributed by atoms with van der Waals surface area (Å²) in [7, 11) is 2.07. The maximum atomic E-state index is 4.31. The molecule has 2 heterocycles. The van der Waals surface area contributed by atoms with E-state index in [-0.39, 0.29) is 0 Å². The van der Waals surface area contributed by atoms with Gasteiger partial charge < -0.3 is 9.88 Å². The molecule has 0 amide bonds. The molecule has 0 spiro atoms. The monoisotopic (exact) mass is 226 g/mol. The van der Waals surface area contributed by atoms with Crippen molar-refractivity contribution >= 4 is 11.8 Å². The van der Waals surface area contributed by atoms with Crippen molar-refractivity contribution in [1.29, 1.82) is 0 Å². The van der Waals surface area contributed by atoms with Gasteiger partial charge >= 0.3 is 0 Å². The van der Waals surface area contributed by atoms with Crippen molar-refractivity contribution in [3.8, 4) is 0 Å². The average molecular weight is 226 g/mol. The Morgan fingerprint density at radius 3 is 3.07 bits per heavy atom. The fraction of sp³-hybridized carbons (Fsp3) is 0.800. The Hall–Kier alpha value is -0.550. The minimum absolute atomic E-state index is 0.544. The summed E-state index contributed by atoms with van der Waals surface area (Å²) >= 11 is 1.76. The molecule has 2 rings (SSSR count). The smallest absolute Gasteiger partial charge is 0.190 e. The molecule has 0 aliphatic carbocycles. The highest BCUT2D eigenvalue weighted by Gasteiger charge is 2.21. The van der Waals surface area contributed by atoms with Crippen LogP contribution in [0.2, 0.25) is 0 Å². The number of aromatic nitrogens is 3. The van der Waals surface area contributed by atoms with Gasteiger partial charge in [0.25, 0.3) is 0 Å². The standard InChI is InChI=1S/C10H18N4S/c1-3-15-10-13-12-9(14(10)2)8-5-4-6-11-7-8/h8,11H,3-7H2,1-2H3. The Morgan fingerprint density at radius 2 is 2.40 bits per heavy atom. The average Bonchev–Trinajstić information content (AvgIpc) is 2.63. The largest absolute Gasteiger partial charge is 0.316 e. The quantitative estimate of drug-likeness (QED) is 0.791. The Bertz CT molecular complexity index is 317. The summed E-state index contributed by atoms with van der Waals surface area (Å²) in [6.07, 6.45) is 2.48. The third-order valence-electron chi connectivity index (χ3n) is 2.80. The molecular weight excluding hydrogens is 208 g/mol. The molecule has 1 atom stereocenters. The van der Waals surface area contributed by atoms with Gasteiger partial charge in [-0.1, -0.05) is 18.7 Å². The molecule has 0 bridgehead atoms. The molecule has 1 aromatic rings. The normalized spacial score (nSPS) is 21.9. The van der Waals surface area contributed by atoms with Gasteiger partial charge in [-0.15, -0.1) is 10.2 Å². The first-order valence-corrected chi connectivity index (χ1v) is 6.54. The fourth-order valence-electron chi connectivity index (χ4n) is 2.01. The molecule has 1 fully saturated rings. The topological polar surface area (TPSA) is 42.7 Å². The van der Waals surface area contributed by atoms with Gasteiger partial charge in [0.1, 0.15) is 5.82 Å². The van der Waals surface area contributed by atoms with E-state index in [0.717, 1.165) is 29.8 Å². The first kappa shape index (κ1) is 11.0. The van der Waals surface area contributed by atoms with Crippen LogP contribution in [-0.4, -0.2) is 33.6 Å². The van der Waals surface area contributed by atoms with Crippen molar-refractivity contribution in [2.75, 3.05) is 18.8 Å². The molecule has 1 saturated heterocycles. The summed E-state index contributed by atoms with van der Waals surface area (Å²) in [6, 6.07) is 0. The van der Waals surface area contributed by atoms with E-state index in [1.54, 1.807) is 11.8 Å². The number of thioether (sulfide) groups is 1. The highest BCUT2D eigenvalue weighted by Crippen LogP contribution is 2.24. The summed E-state index contributed by atoms with van der Waals surface area (Å²) in [6.45, 7) is 4.33. The predicted molar refractivity (Wildman–Crippen MR) is 62.2 cm³/mol. The molecule has 1 aliphatic rings. The lowest BCUT2D eigenvalue weighted by atomic mass is 9.99. The van der Waals surface area contributed by atoms with E-state index < -0.39 is 0 Å². The molecule has 15 heavy (non-hydrogen) atoms. The Labute approximate surface area is 94.8 Å². The molecule has 4 nitrogen and oxygen atoms in total. The summed E-state index contributed by atoms with van der Waals surface area (Å²) in [4.78, 5) is 0. The van der Waals surface area contributed by atoms with Crippen LogP contribution in [0.4, 0.5) is 0 Å². The van der Waals surface area contributed by atoms with Gasteiger partial charge in [-0.2, -0.15) is 0 Å². The number of hydrogen-bond donors (Lipinski definition) is 1. The van der Waals surface area contributed by atoms with Crippen molar-refractivity contribution in [2.45, 2.75) is 30.8 Å². The number of nitrogens with one attached hydrogen (secondary N) is 1. The predicted octanol–water partition coefficient (Wildman–Crippen LogP) is 1.39. The zero-order valence-corrected chi connectivity index (χ0v) is 10.2. The highest BCUT2D eigenvalue weighted by molar-refractivity contribution is 7.99. The van der Waals surface area contributed by atoms with E-state index in [9.17, 15) is 0 Å². The summed E-state index contributed by atoms with van der Waals surface area (Å²) in [5, 5.41) is 13.0. The van der Waals surface area contributed by atoms with Crippen molar-refractivity contribution in [2.24, 2.45) is 7.05 Å². The van der Waals surface area contributed by atoms with Gasteiger partial charge in [-0.05, 0) is 25.1 Å². The van der Waals surface area contributed by atoms with Gasteiger partial charge in [0.2, 0.25) is 0 Å². The second-order valence-electron chi connectivity index (χ2n) is 3.88. The molecule has 1 aliphatic heterocycles. The van der Waals surface area contributed by atoms with Gasteiger partial charge in [-0.3, -0.25) is 0 Å². The van der Waals surface area contributed by atoms with E-state index in [1.165, 1.54) is 12.8 Å². The van der Waals surface area contributed by atoms with Crippen molar-refractivity contribution < 1.29 is 0 Å². The SMILES string of the molecule is CCSc1nnc(C2CCCNC2)n1C. The Kier molecular flexibility index (Phi) is 3.64. The van der Waals surface area contributed by atoms with Crippen LogP contribution >= 0.6 is 11.8 Å². The molecule has 5 heteroatoms. The molecule has 0 radical (unpaired) electrons. The molecule has 0 saturated carbocycles. The molecule has 0 aromatic carbocycles. The molecule has 1 N–H and O–H groups in total. The number of piperidine rings is 1. The summed E-state index contributed by atoms with van der Waals surface area (Å²) < 4.78 is 2.14. The zero-order valence-electron chi connectivity index (χ0n) is 9.36. The first-order valence-electron chi connectivity index (χ1n) is 5.55. The van der Waals surface area contributed by atoms with E-state index in [2.05, 4.69) is 34.1 Å². The van der Waals surface area contributed by atoms with Crippen LogP contribution in [0, 0.1) is 0 Å². The first-order chi connectivity index (χ1) is 7.33. The lowest BCUT2D eigenvalue weighted by molar-refractivity contribution is 0.436. The third kappa shape index (κ3) is 2.34. The van der Waals surface area contributed by atoms with E-state index in [0.29, 0.717) is 5.92 Å². The summed E-state index contributed by atoms with van der Waals surface area (Å²) in [5.41, 5.74) is 0. The second-order valence-corrected chi connectivity index (χ2v) is 5.11. The second kappa shape index (κ2) is 4.99. The van der Waals surface area contributed by atoms with Crippen molar-refractivity contribution in [1.82, 2.24) is 20.1 Å². The van der Waals surface area contributed by atoms with Crippen molar-refractivity contribution in [3.05, 3.63) is 5.82 Å². The Morgan fingerprint density at radius 1 is 1.53 bits per heavy atom. The van der Waals surface area contributed by atoms with Crippen LogP contribution in [-0.2, 0) is 7.05 Å². The van der Waals surface area contributed by atoms with Crippen LogP contribution in [0.15, 0.2) is 5.16 Å². The van der Waals surface area contributed by atoms with E-state index in [4.69, 9.17) is 0 Å². The number of hydrogen-bond acceptors (Lipinski definition) is 4. The van der Waals surface area contributed by atoms with E-state index in [1.807, 2.05) is 0 Å². The molecular formula is C10H18N4S. The molecule has 1 unspecified atom stereocenters. The van der Waals surface area contributed by atoms with Crippen LogP contribution in [0.1, 0.15) is 31.5 Å². The summed E-state index contributed by atoms with van der Waals surface area (Å²) in [5.74, 6) is 2.73. The van der Waals surface area contributed by atoms with Crippen LogP contribution in [0.3, 0.4) is 0 Å². The van der Waals surface area contributed by atoms with E-state index >= 15 is 0 Å². The molecule has 84 valence electrons. The third-order valence-corrected chi connectivity index (χ3v) is 3.71. The van der Waals surface area contributed by atoms with Crippen LogP contribution in [0.25, 0.3) is 0 Å². The van der Waals surface area contributed by atoms with Gasteiger partial charge in [0, 0.05) is 19.5 Å². The molecule has 1 aromatic heterocycles. The lowest BCUT2D eigenvalue weighted by Crippen LogP contribution is -2.29. The minimum atomic E-state index is 0.544. The Balaban J connectivity index is 2.13. The van der Waals surface area contributed by atoms with Gasteiger partial charge in [0.15, 0.2) is 5.16 Å². The van der Waals surface area contributed by atoms with Crippen molar-refractivity contribution in [3.63, 3.8) is 0 Å². The lowest BCUT2D eigenvalue weighted by Gasteiger charge is -2.21.